The van der Waals surface area contributed by atoms with Crippen LogP contribution in [0.5, 0.6) is 5.75 Å². The van der Waals surface area contributed by atoms with Gasteiger partial charge in [-0.25, -0.2) is 4.39 Å². The highest BCUT2D eigenvalue weighted by Crippen LogP contribution is 2.27. The van der Waals surface area contributed by atoms with E-state index in [2.05, 4.69) is 6.07 Å². The average molecular weight is 463 g/mol. The Morgan fingerprint density at radius 2 is 1.56 bits per heavy atom. The fourth-order valence-corrected chi connectivity index (χ4v) is 3.97. The van der Waals surface area contributed by atoms with Crippen LogP contribution in [0, 0.1) is 5.82 Å². The van der Waals surface area contributed by atoms with E-state index in [1.165, 1.54) is 24.6 Å². The molecule has 0 spiro atoms. The number of aliphatic carboxylic acids is 1. The van der Waals surface area contributed by atoms with Crippen LogP contribution in [-0.4, -0.2) is 23.5 Å². The van der Waals surface area contributed by atoms with Gasteiger partial charge in [-0.05, 0) is 85.2 Å². The summed E-state index contributed by atoms with van der Waals surface area (Å²) in [6, 6.07) is 19.7. The number of carboxylic acids is 1. The molecular weight excluding hydrogens is 431 g/mol. The zero-order chi connectivity index (χ0) is 24.3. The molecule has 4 nitrogen and oxygen atoms in total. The summed E-state index contributed by atoms with van der Waals surface area (Å²) in [5.74, 6) is -0.546. The van der Waals surface area contributed by atoms with E-state index in [0.717, 1.165) is 43.2 Å². The Bertz CT molecular complexity index is 1120. The molecule has 3 aromatic carbocycles. The number of carbonyl (C=O) groups excluding carboxylic acids is 1. The predicted octanol–water partition coefficient (Wildman–Crippen LogP) is 6.89. The van der Waals surface area contributed by atoms with Crippen molar-refractivity contribution in [2.24, 2.45) is 0 Å². The van der Waals surface area contributed by atoms with Crippen LogP contribution in [-0.2, 0) is 17.6 Å². The summed E-state index contributed by atoms with van der Waals surface area (Å²) < 4.78 is 19.6. The molecule has 1 N–H and O–H groups in total. The lowest BCUT2D eigenvalue weighted by molar-refractivity contribution is -0.136. The van der Waals surface area contributed by atoms with Crippen molar-refractivity contribution in [1.29, 1.82) is 0 Å². The molecule has 0 bridgehead atoms. The maximum absolute atomic E-state index is 13.6. The molecule has 0 amide bonds. The molecule has 3 rings (SSSR count). The molecule has 3 aromatic rings. The van der Waals surface area contributed by atoms with Gasteiger partial charge in [0, 0.05) is 12.0 Å². The zero-order valence-electron chi connectivity index (χ0n) is 19.6. The summed E-state index contributed by atoms with van der Waals surface area (Å²) in [4.78, 5) is 22.8. The van der Waals surface area contributed by atoms with Crippen LogP contribution in [0.4, 0.5) is 4.39 Å². The van der Waals surface area contributed by atoms with Crippen molar-refractivity contribution in [2.45, 2.75) is 51.9 Å². The van der Waals surface area contributed by atoms with E-state index in [0.29, 0.717) is 29.9 Å². The van der Waals surface area contributed by atoms with Crippen LogP contribution in [0.25, 0.3) is 11.1 Å². The Kier molecular flexibility index (Phi) is 9.39. The minimum Gasteiger partial charge on any atom is -0.494 e. The standard InChI is InChI=1S/C29H31FO4/c1-21(31)25-17-26(24-12-8-13-27(30)18-24)20-28(19-25)34-16-7-3-2-4-9-22-10-5-6-11-23(22)14-15-29(32)33/h5-6,8,10-13,17-20H,2-4,7,9,14-16H2,1H3,(H,32,33). The number of benzene rings is 3. The Labute approximate surface area is 200 Å². The van der Waals surface area contributed by atoms with Gasteiger partial charge in [0.15, 0.2) is 5.78 Å². The van der Waals surface area contributed by atoms with Crippen LogP contribution < -0.4 is 4.74 Å². The van der Waals surface area contributed by atoms with E-state index >= 15 is 0 Å². The van der Waals surface area contributed by atoms with Crippen molar-refractivity contribution in [3.8, 4) is 16.9 Å². The molecule has 178 valence electrons. The number of carbonyl (C=O) groups is 2. The normalized spacial score (nSPS) is 10.8. The molecule has 0 aliphatic rings. The van der Waals surface area contributed by atoms with Gasteiger partial charge < -0.3 is 9.84 Å². The highest BCUT2D eigenvalue weighted by Gasteiger charge is 2.09. The van der Waals surface area contributed by atoms with Crippen molar-refractivity contribution < 1.29 is 23.8 Å². The van der Waals surface area contributed by atoms with Crippen molar-refractivity contribution in [3.63, 3.8) is 0 Å². The fraction of sp³-hybridized carbons (Fsp3) is 0.310. The van der Waals surface area contributed by atoms with Crippen LogP contribution in [0.15, 0.2) is 66.7 Å². The van der Waals surface area contributed by atoms with E-state index in [4.69, 9.17) is 9.84 Å². The third kappa shape index (κ3) is 7.84. The van der Waals surface area contributed by atoms with Gasteiger partial charge in [-0.3, -0.25) is 9.59 Å². The van der Waals surface area contributed by atoms with Gasteiger partial charge >= 0.3 is 5.97 Å². The summed E-state index contributed by atoms with van der Waals surface area (Å²) in [7, 11) is 0. The average Bonchev–Trinajstić information content (AvgIpc) is 2.82. The molecular formula is C29H31FO4. The quantitative estimate of drug-likeness (QED) is 0.222. The second-order valence-electron chi connectivity index (χ2n) is 8.49. The van der Waals surface area contributed by atoms with E-state index in [-0.39, 0.29) is 18.0 Å². The lowest BCUT2D eigenvalue weighted by Gasteiger charge is -2.11. The Hall–Kier alpha value is -3.47. The summed E-state index contributed by atoms with van der Waals surface area (Å²) >= 11 is 0. The fourth-order valence-electron chi connectivity index (χ4n) is 3.97. The van der Waals surface area contributed by atoms with Gasteiger partial charge in [0.05, 0.1) is 6.61 Å². The number of Topliss-reactive ketones (excluding diaryl/α,β-unsaturated/α-hetero) is 1. The van der Waals surface area contributed by atoms with Gasteiger partial charge in [-0.2, -0.15) is 0 Å². The molecule has 0 aliphatic carbocycles. The maximum Gasteiger partial charge on any atom is 0.303 e. The van der Waals surface area contributed by atoms with Crippen LogP contribution >= 0.6 is 0 Å². The second kappa shape index (κ2) is 12.7. The largest absolute Gasteiger partial charge is 0.494 e. The summed E-state index contributed by atoms with van der Waals surface area (Å²) in [5.41, 5.74) is 4.34. The third-order valence-corrected chi connectivity index (χ3v) is 5.81. The van der Waals surface area contributed by atoms with Crippen molar-refractivity contribution in [2.75, 3.05) is 6.61 Å². The number of ether oxygens (including phenoxy) is 1. The zero-order valence-corrected chi connectivity index (χ0v) is 19.6. The topological polar surface area (TPSA) is 63.6 Å². The molecule has 0 heterocycles. The first-order chi connectivity index (χ1) is 16.4. The van der Waals surface area contributed by atoms with Crippen molar-refractivity contribution in [1.82, 2.24) is 0 Å². The molecule has 5 heteroatoms. The highest BCUT2D eigenvalue weighted by molar-refractivity contribution is 5.96. The predicted molar refractivity (Wildman–Crippen MR) is 132 cm³/mol. The molecule has 0 saturated heterocycles. The molecule has 0 radical (unpaired) electrons. The number of hydrogen-bond acceptors (Lipinski definition) is 3. The van der Waals surface area contributed by atoms with Gasteiger partial charge in [0.25, 0.3) is 0 Å². The molecule has 0 unspecified atom stereocenters. The van der Waals surface area contributed by atoms with Crippen molar-refractivity contribution in [3.05, 3.63) is 89.2 Å². The van der Waals surface area contributed by atoms with Crippen LogP contribution in [0.3, 0.4) is 0 Å². The number of hydrogen-bond donors (Lipinski definition) is 1. The van der Waals surface area contributed by atoms with Gasteiger partial charge in [-0.1, -0.05) is 49.2 Å². The molecule has 0 saturated carbocycles. The van der Waals surface area contributed by atoms with Gasteiger partial charge in [-0.15, -0.1) is 0 Å². The number of rotatable bonds is 13. The Balaban J connectivity index is 1.47. The van der Waals surface area contributed by atoms with E-state index < -0.39 is 5.97 Å². The molecule has 34 heavy (non-hydrogen) atoms. The first-order valence-electron chi connectivity index (χ1n) is 11.8. The third-order valence-electron chi connectivity index (χ3n) is 5.81. The van der Waals surface area contributed by atoms with E-state index in [1.807, 2.05) is 30.3 Å². The lowest BCUT2D eigenvalue weighted by atomic mass is 9.98. The van der Waals surface area contributed by atoms with Gasteiger partial charge in [0.1, 0.15) is 11.6 Å². The van der Waals surface area contributed by atoms with Crippen LogP contribution in [0.2, 0.25) is 0 Å². The number of unbranched alkanes of at least 4 members (excludes halogenated alkanes) is 3. The summed E-state index contributed by atoms with van der Waals surface area (Å²) in [6.45, 7) is 2.05. The van der Waals surface area contributed by atoms with E-state index in [9.17, 15) is 14.0 Å². The molecule has 0 aliphatic heterocycles. The smallest absolute Gasteiger partial charge is 0.303 e. The molecule has 0 aromatic heterocycles. The number of halogens is 1. The minimum atomic E-state index is -0.772. The van der Waals surface area contributed by atoms with E-state index in [1.54, 1.807) is 18.2 Å². The Morgan fingerprint density at radius 3 is 2.26 bits per heavy atom. The number of aryl methyl sites for hydroxylation is 2. The highest BCUT2D eigenvalue weighted by atomic mass is 19.1. The van der Waals surface area contributed by atoms with Gasteiger partial charge in [0.2, 0.25) is 0 Å². The minimum absolute atomic E-state index is 0.0632. The monoisotopic (exact) mass is 462 g/mol. The maximum atomic E-state index is 13.6. The number of ketones is 1. The summed E-state index contributed by atoms with van der Waals surface area (Å²) in [6.07, 6.45) is 5.65. The molecule has 0 atom stereocenters. The SMILES string of the molecule is CC(=O)c1cc(OCCCCCCc2ccccc2CCC(=O)O)cc(-c2cccc(F)c2)c1. The molecule has 0 fully saturated rings. The first-order valence-corrected chi connectivity index (χ1v) is 11.8. The van der Waals surface area contributed by atoms with Crippen LogP contribution in [0.1, 0.15) is 60.5 Å². The summed E-state index contributed by atoms with van der Waals surface area (Å²) in [5, 5.41) is 8.93. The second-order valence-corrected chi connectivity index (χ2v) is 8.49. The number of carboxylic acid groups (broad SMARTS) is 1. The lowest BCUT2D eigenvalue weighted by Crippen LogP contribution is -2.01. The van der Waals surface area contributed by atoms with Crippen molar-refractivity contribution >= 4 is 11.8 Å². The Morgan fingerprint density at radius 1 is 0.824 bits per heavy atom. The first kappa shape index (κ1) is 25.2.